The first-order valence-electron chi connectivity index (χ1n) is 7.36. The summed E-state index contributed by atoms with van der Waals surface area (Å²) in [4.78, 5) is 0. The molecule has 1 aromatic carbocycles. The van der Waals surface area contributed by atoms with Crippen LogP contribution in [0, 0.1) is 11.8 Å². The fourth-order valence-corrected chi connectivity index (χ4v) is 2.39. The molecule has 0 amide bonds. The smallest absolute Gasteiger partial charge is 0.122 e. The molecule has 0 N–H and O–H groups in total. The average Bonchev–Trinajstić information content (AvgIpc) is 2.38. The summed E-state index contributed by atoms with van der Waals surface area (Å²) in [5, 5.41) is 0. The predicted octanol–water partition coefficient (Wildman–Crippen LogP) is 4.71. The van der Waals surface area contributed by atoms with Gasteiger partial charge in [-0.1, -0.05) is 27.7 Å². The van der Waals surface area contributed by atoms with Crippen LogP contribution in [0.5, 0.6) is 11.5 Å². The Morgan fingerprint density at radius 2 is 1.89 bits per heavy atom. The van der Waals surface area contributed by atoms with E-state index in [-0.39, 0.29) is 0 Å². The third-order valence-electron chi connectivity index (χ3n) is 3.39. The van der Waals surface area contributed by atoms with E-state index in [1.807, 2.05) is 12.1 Å². The minimum atomic E-state index is 0.725. The van der Waals surface area contributed by atoms with Gasteiger partial charge in [-0.3, -0.25) is 0 Å². The van der Waals surface area contributed by atoms with Crippen LogP contribution in [0.4, 0.5) is 0 Å². The molecule has 2 nitrogen and oxygen atoms in total. The van der Waals surface area contributed by atoms with Crippen molar-refractivity contribution in [3.05, 3.63) is 23.8 Å². The van der Waals surface area contributed by atoms with Crippen LogP contribution in [0.2, 0.25) is 0 Å². The largest absolute Gasteiger partial charge is 0.497 e. The van der Waals surface area contributed by atoms with Gasteiger partial charge in [-0.2, -0.15) is 0 Å². The molecule has 2 heteroatoms. The highest BCUT2D eigenvalue weighted by atomic mass is 16.5. The first-order chi connectivity index (χ1) is 9.06. The maximum atomic E-state index is 5.92. The van der Waals surface area contributed by atoms with Gasteiger partial charge in [0, 0.05) is 0 Å². The SMILES string of the molecule is CCc1cc(OC)ccc1OCCC(C)CC(C)C. The van der Waals surface area contributed by atoms with Gasteiger partial charge in [0.05, 0.1) is 13.7 Å². The molecule has 108 valence electrons. The number of aryl methyl sites for hydroxylation is 1. The van der Waals surface area contributed by atoms with Crippen LogP contribution >= 0.6 is 0 Å². The summed E-state index contributed by atoms with van der Waals surface area (Å²) in [5.74, 6) is 3.39. The molecule has 0 aliphatic rings. The van der Waals surface area contributed by atoms with Crippen LogP contribution in [-0.2, 0) is 6.42 Å². The van der Waals surface area contributed by atoms with E-state index >= 15 is 0 Å². The molecular weight excluding hydrogens is 236 g/mol. The quantitative estimate of drug-likeness (QED) is 0.677. The Morgan fingerprint density at radius 3 is 2.47 bits per heavy atom. The van der Waals surface area contributed by atoms with E-state index in [0.29, 0.717) is 0 Å². The summed E-state index contributed by atoms with van der Waals surface area (Å²) in [5.41, 5.74) is 1.22. The third-order valence-corrected chi connectivity index (χ3v) is 3.39. The summed E-state index contributed by atoms with van der Waals surface area (Å²) in [7, 11) is 1.70. The first kappa shape index (κ1) is 15.9. The van der Waals surface area contributed by atoms with Crippen molar-refractivity contribution < 1.29 is 9.47 Å². The molecule has 1 unspecified atom stereocenters. The van der Waals surface area contributed by atoms with Crippen LogP contribution in [-0.4, -0.2) is 13.7 Å². The average molecular weight is 264 g/mol. The molecule has 0 aliphatic carbocycles. The number of ether oxygens (including phenoxy) is 2. The van der Waals surface area contributed by atoms with Gasteiger partial charge in [-0.25, -0.2) is 0 Å². The van der Waals surface area contributed by atoms with E-state index < -0.39 is 0 Å². The highest BCUT2D eigenvalue weighted by Gasteiger charge is 2.07. The second-order valence-electron chi connectivity index (χ2n) is 5.70. The Bertz CT molecular complexity index is 372. The van der Waals surface area contributed by atoms with Gasteiger partial charge in [-0.05, 0) is 54.9 Å². The van der Waals surface area contributed by atoms with Crippen LogP contribution in [0.1, 0.15) is 46.1 Å². The number of benzene rings is 1. The van der Waals surface area contributed by atoms with Gasteiger partial charge in [0.15, 0.2) is 0 Å². The standard InChI is InChI=1S/C17H28O2/c1-6-15-12-16(18-5)7-8-17(15)19-10-9-14(4)11-13(2)3/h7-8,12-14H,6,9-11H2,1-5H3. The predicted molar refractivity (Wildman–Crippen MR) is 81.1 cm³/mol. The Morgan fingerprint density at radius 1 is 1.16 bits per heavy atom. The first-order valence-corrected chi connectivity index (χ1v) is 7.36. The third kappa shape index (κ3) is 5.54. The van der Waals surface area contributed by atoms with Gasteiger partial charge < -0.3 is 9.47 Å². The minimum Gasteiger partial charge on any atom is -0.497 e. The highest BCUT2D eigenvalue weighted by Crippen LogP contribution is 2.25. The summed E-state index contributed by atoms with van der Waals surface area (Å²) >= 11 is 0. The lowest BCUT2D eigenvalue weighted by atomic mass is 9.96. The summed E-state index contributed by atoms with van der Waals surface area (Å²) < 4.78 is 11.2. The molecule has 1 rings (SSSR count). The lowest BCUT2D eigenvalue weighted by molar-refractivity contribution is 0.267. The maximum Gasteiger partial charge on any atom is 0.122 e. The van der Waals surface area contributed by atoms with E-state index in [0.717, 1.165) is 42.8 Å². The van der Waals surface area contributed by atoms with Crippen LogP contribution in [0.3, 0.4) is 0 Å². The number of hydrogen-bond donors (Lipinski definition) is 0. The van der Waals surface area contributed by atoms with E-state index in [9.17, 15) is 0 Å². The molecule has 0 fully saturated rings. The van der Waals surface area contributed by atoms with Crippen molar-refractivity contribution in [3.63, 3.8) is 0 Å². The molecule has 1 atom stereocenters. The van der Waals surface area contributed by atoms with E-state index in [1.165, 1.54) is 12.0 Å². The van der Waals surface area contributed by atoms with Gasteiger partial charge in [-0.15, -0.1) is 0 Å². The highest BCUT2D eigenvalue weighted by molar-refractivity contribution is 5.40. The fraction of sp³-hybridized carbons (Fsp3) is 0.647. The molecule has 19 heavy (non-hydrogen) atoms. The molecule has 0 bridgehead atoms. The molecule has 0 aromatic heterocycles. The monoisotopic (exact) mass is 264 g/mol. The zero-order valence-corrected chi connectivity index (χ0v) is 13.0. The van der Waals surface area contributed by atoms with Gasteiger partial charge >= 0.3 is 0 Å². The zero-order valence-electron chi connectivity index (χ0n) is 13.0. The topological polar surface area (TPSA) is 18.5 Å². The normalized spacial score (nSPS) is 12.5. The Labute approximate surface area is 118 Å². The molecular formula is C17H28O2. The van der Waals surface area contributed by atoms with E-state index in [2.05, 4.69) is 33.8 Å². The van der Waals surface area contributed by atoms with Crippen molar-refractivity contribution in [2.45, 2.75) is 47.0 Å². The molecule has 0 saturated carbocycles. The van der Waals surface area contributed by atoms with Crippen LogP contribution < -0.4 is 9.47 Å². The molecule has 0 spiro atoms. The summed E-state index contributed by atoms with van der Waals surface area (Å²) in [6, 6.07) is 6.05. The van der Waals surface area contributed by atoms with Crippen molar-refractivity contribution in [3.8, 4) is 11.5 Å². The minimum absolute atomic E-state index is 0.725. The number of hydrogen-bond acceptors (Lipinski definition) is 2. The molecule has 0 saturated heterocycles. The van der Waals surface area contributed by atoms with Gasteiger partial charge in [0.2, 0.25) is 0 Å². The number of rotatable bonds is 8. The van der Waals surface area contributed by atoms with Crippen molar-refractivity contribution in [2.75, 3.05) is 13.7 Å². The van der Waals surface area contributed by atoms with Crippen molar-refractivity contribution in [1.29, 1.82) is 0 Å². The Kier molecular flexibility index (Phi) is 6.75. The Balaban J connectivity index is 2.48. The molecule has 1 aromatic rings. The van der Waals surface area contributed by atoms with Crippen molar-refractivity contribution in [1.82, 2.24) is 0 Å². The van der Waals surface area contributed by atoms with Gasteiger partial charge in [0.25, 0.3) is 0 Å². The second kappa shape index (κ2) is 8.08. The lowest BCUT2D eigenvalue weighted by Crippen LogP contribution is -2.07. The van der Waals surface area contributed by atoms with E-state index in [1.54, 1.807) is 7.11 Å². The Hall–Kier alpha value is -1.18. The maximum absolute atomic E-state index is 5.92. The van der Waals surface area contributed by atoms with Gasteiger partial charge in [0.1, 0.15) is 11.5 Å². The van der Waals surface area contributed by atoms with Crippen molar-refractivity contribution >= 4 is 0 Å². The summed E-state index contributed by atoms with van der Waals surface area (Å²) in [6.07, 6.45) is 3.36. The number of methoxy groups -OCH3 is 1. The fourth-order valence-electron chi connectivity index (χ4n) is 2.39. The van der Waals surface area contributed by atoms with Crippen LogP contribution in [0.25, 0.3) is 0 Å². The molecule has 0 aliphatic heterocycles. The second-order valence-corrected chi connectivity index (χ2v) is 5.70. The molecule has 0 heterocycles. The molecule has 0 radical (unpaired) electrons. The lowest BCUT2D eigenvalue weighted by Gasteiger charge is -2.16. The zero-order chi connectivity index (χ0) is 14.3. The van der Waals surface area contributed by atoms with Crippen LogP contribution in [0.15, 0.2) is 18.2 Å². The van der Waals surface area contributed by atoms with E-state index in [4.69, 9.17) is 9.47 Å². The summed E-state index contributed by atoms with van der Waals surface area (Å²) in [6.45, 7) is 9.79. The van der Waals surface area contributed by atoms with Crippen molar-refractivity contribution in [2.24, 2.45) is 11.8 Å².